The summed E-state index contributed by atoms with van der Waals surface area (Å²) in [5, 5.41) is 9.23. The van der Waals surface area contributed by atoms with E-state index in [2.05, 4.69) is 15.4 Å². The summed E-state index contributed by atoms with van der Waals surface area (Å²) < 4.78 is 0. The highest BCUT2D eigenvalue weighted by atomic mass is 16.3. The summed E-state index contributed by atoms with van der Waals surface area (Å²) in [7, 11) is 1.86. The molecule has 0 fully saturated rings. The fourth-order valence-electron chi connectivity index (χ4n) is 1.03. The van der Waals surface area contributed by atoms with Gasteiger partial charge in [0.15, 0.2) is 0 Å². The normalized spacial score (nSPS) is 11.3. The Hall–Kier alpha value is -1.40. The van der Waals surface area contributed by atoms with Gasteiger partial charge in [0.05, 0.1) is 12.1 Å². The summed E-state index contributed by atoms with van der Waals surface area (Å²) >= 11 is 0. The minimum Gasteiger partial charge on any atom is -0.394 e. The molecular formula is C9H17N5O. The van der Waals surface area contributed by atoms with Gasteiger partial charge in [-0.2, -0.15) is 0 Å². The van der Waals surface area contributed by atoms with Crippen LogP contribution in [-0.2, 0) is 0 Å². The average Bonchev–Trinajstić information content (AvgIpc) is 2.28. The number of nitrogen functional groups attached to an aromatic ring is 1. The molecule has 1 aromatic heterocycles. The van der Waals surface area contributed by atoms with E-state index in [1.54, 1.807) is 6.07 Å². The fourth-order valence-corrected chi connectivity index (χ4v) is 1.03. The fraction of sp³-hybridized carbons (Fsp3) is 0.556. The van der Waals surface area contributed by atoms with Crippen LogP contribution in [-0.4, -0.2) is 34.3 Å². The van der Waals surface area contributed by atoms with Crippen LogP contribution in [0.25, 0.3) is 0 Å². The lowest BCUT2D eigenvalue weighted by Crippen LogP contribution is -2.44. The zero-order valence-corrected chi connectivity index (χ0v) is 9.23. The lowest BCUT2D eigenvalue weighted by Gasteiger charge is -2.34. The molecule has 4 N–H and O–H groups in total. The molecule has 1 heterocycles. The second-order valence-corrected chi connectivity index (χ2v) is 3.94. The van der Waals surface area contributed by atoms with Crippen LogP contribution in [0.3, 0.4) is 0 Å². The topological polar surface area (TPSA) is 87.3 Å². The first-order valence-corrected chi connectivity index (χ1v) is 4.64. The maximum atomic E-state index is 9.23. The standard InChI is InChI=1S/C9H17N5O/c1-9(2,5-15)14(3)8-4-7(13-10)11-6-12-8/h4,6,15H,5,10H2,1-3H3,(H,11,12,13). The number of nitrogens with zero attached hydrogens (tertiary/aromatic N) is 3. The summed E-state index contributed by atoms with van der Waals surface area (Å²) in [6.45, 7) is 3.88. The Morgan fingerprint density at radius 2 is 2.20 bits per heavy atom. The van der Waals surface area contributed by atoms with E-state index >= 15 is 0 Å². The number of anilines is 2. The predicted octanol–water partition coefficient (Wildman–Crippen LogP) is -0.0307. The lowest BCUT2D eigenvalue weighted by molar-refractivity contribution is 0.215. The Labute approximate surface area is 89.1 Å². The minimum absolute atomic E-state index is 0.0406. The number of nitrogens with one attached hydrogen (secondary N) is 1. The molecule has 6 nitrogen and oxygen atoms in total. The number of rotatable bonds is 4. The lowest BCUT2D eigenvalue weighted by atomic mass is 10.1. The third-order valence-electron chi connectivity index (χ3n) is 2.44. The highest BCUT2D eigenvalue weighted by Gasteiger charge is 2.23. The van der Waals surface area contributed by atoms with E-state index in [1.165, 1.54) is 6.33 Å². The van der Waals surface area contributed by atoms with E-state index in [0.29, 0.717) is 11.6 Å². The molecule has 6 heteroatoms. The Morgan fingerprint density at radius 3 is 2.73 bits per heavy atom. The molecule has 0 aromatic carbocycles. The third kappa shape index (κ3) is 2.54. The monoisotopic (exact) mass is 211 g/mol. The second kappa shape index (κ2) is 4.41. The van der Waals surface area contributed by atoms with Crippen LogP contribution in [0, 0.1) is 0 Å². The van der Waals surface area contributed by atoms with Gasteiger partial charge in [0, 0.05) is 13.1 Å². The first-order valence-electron chi connectivity index (χ1n) is 4.64. The molecule has 0 unspecified atom stereocenters. The molecule has 0 amide bonds. The van der Waals surface area contributed by atoms with Gasteiger partial charge >= 0.3 is 0 Å². The summed E-state index contributed by atoms with van der Waals surface area (Å²) in [6, 6.07) is 1.72. The quantitative estimate of drug-likeness (QED) is 0.479. The van der Waals surface area contributed by atoms with Crippen LogP contribution >= 0.6 is 0 Å². The van der Waals surface area contributed by atoms with E-state index in [-0.39, 0.29) is 12.1 Å². The third-order valence-corrected chi connectivity index (χ3v) is 2.44. The number of aromatic nitrogens is 2. The van der Waals surface area contributed by atoms with Crippen molar-refractivity contribution in [2.75, 3.05) is 24.0 Å². The molecule has 0 saturated heterocycles. The van der Waals surface area contributed by atoms with Gasteiger partial charge in [-0.3, -0.25) is 0 Å². The van der Waals surface area contributed by atoms with Gasteiger partial charge in [0.25, 0.3) is 0 Å². The highest BCUT2D eigenvalue weighted by molar-refractivity contribution is 5.48. The van der Waals surface area contributed by atoms with Crippen LogP contribution < -0.4 is 16.2 Å². The maximum absolute atomic E-state index is 9.23. The molecule has 0 atom stereocenters. The van der Waals surface area contributed by atoms with Gasteiger partial charge in [0.2, 0.25) is 0 Å². The predicted molar refractivity (Wildman–Crippen MR) is 59.4 cm³/mol. The molecule has 0 spiro atoms. The molecule has 0 aliphatic heterocycles. The molecule has 0 aliphatic rings. The largest absolute Gasteiger partial charge is 0.394 e. The first-order chi connectivity index (χ1) is 7.01. The SMILES string of the molecule is CN(c1cc(NN)ncn1)C(C)(C)CO. The van der Waals surface area contributed by atoms with Crippen LogP contribution in [0.2, 0.25) is 0 Å². The number of hydrogen-bond acceptors (Lipinski definition) is 6. The van der Waals surface area contributed by atoms with Crippen molar-refractivity contribution in [3.05, 3.63) is 12.4 Å². The van der Waals surface area contributed by atoms with Crippen molar-refractivity contribution in [2.24, 2.45) is 5.84 Å². The Morgan fingerprint density at radius 1 is 1.53 bits per heavy atom. The number of aliphatic hydroxyl groups is 1. The van der Waals surface area contributed by atoms with Crippen molar-refractivity contribution in [3.63, 3.8) is 0 Å². The summed E-state index contributed by atoms with van der Waals surface area (Å²) in [6.07, 6.45) is 1.43. The Bertz CT molecular complexity index is 328. The highest BCUT2D eigenvalue weighted by Crippen LogP contribution is 2.20. The van der Waals surface area contributed by atoms with E-state index in [9.17, 15) is 5.11 Å². The molecule has 0 bridgehead atoms. The van der Waals surface area contributed by atoms with E-state index < -0.39 is 0 Å². The molecule has 0 aliphatic carbocycles. The minimum atomic E-state index is -0.375. The molecule has 15 heavy (non-hydrogen) atoms. The van der Waals surface area contributed by atoms with E-state index in [1.807, 2.05) is 25.8 Å². The second-order valence-electron chi connectivity index (χ2n) is 3.94. The zero-order chi connectivity index (χ0) is 11.5. The molecule has 1 aromatic rings. The van der Waals surface area contributed by atoms with Crippen molar-refractivity contribution in [1.82, 2.24) is 9.97 Å². The van der Waals surface area contributed by atoms with Gasteiger partial charge < -0.3 is 15.4 Å². The van der Waals surface area contributed by atoms with Crippen LogP contribution in [0.15, 0.2) is 12.4 Å². The molecule has 0 radical (unpaired) electrons. The van der Waals surface area contributed by atoms with Gasteiger partial charge in [-0.05, 0) is 13.8 Å². The Balaban J connectivity index is 2.95. The Kier molecular flexibility index (Phi) is 3.43. The molecule has 0 saturated carbocycles. The van der Waals surface area contributed by atoms with Gasteiger partial charge in [0.1, 0.15) is 18.0 Å². The van der Waals surface area contributed by atoms with Crippen LogP contribution in [0.1, 0.15) is 13.8 Å². The number of aliphatic hydroxyl groups excluding tert-OH is 1. The van der Waals surface area contributed by atoms with E-state index in [0.717, 1.165) is 0 Å². The van der Waals surface area contributed by atoms with Crippen molar-refractivity contribution in [2.45, 2.75) is 19.4 Å². The van der Waals surface area contributed by atoms with Gasteiger partial charge in [-0.25, -0.2) is 15.8 Å². The number of hydrazine groups is 1. The van der Waals surface area contributed by atoms with Crippen LogP contribution in [0.4, 0.5) is 11.6 Å². The first kappa shape index (κ1) is 11.7. The summed E-state index contributed by atoms with van der Waals surface area (Å²) in [5.74, 6) is 6.50. The van der Waals surface area contributed by atoms with E-state index in [4.69, 9.17) is 5.84 Å². The van der Waals surface area contributed by atoms with Crippen LogP contribution in [0.5, 0.6) is 0 Å². The van der Waals surface area contributed by atoms with Crippen molar-refractivity contribution >= 4 is 11.6 Å². The molecular weight excluding hydrogens is 194 g/mol. The zero-order valence-electron chi connectivity index (χ0n) is 9.23. The maximum Gasteiger partial charge on any atom is 0.145 e. The van der Waals surface area contributed by atoms with Crippen molar-refractivity contribution in [3.8, 4) is 0 Å². The van der Waals surface area contributed by atoms with Gasteiger partial charge in [-0.1, -0.05) is 0 Å². The number of likely N-dealkylation sites (N-methyl/N-ethyl adjacent to an activating group) is 1. The molecule has 1 rings (SSSR count). The smallest absolute Gasteiger partial charge is 0.145 e. The summed E-state index contributed by atoms with van der Waals surface area (Å²) in [5.41, 5.74) is 2.08. The molecule has 84 valence electrons. The summed E-state index contributed by atoms with van der Waals surface area (Å²) in [4.78, 5) is 9.89. The number of nitrogens with two attached hydrogens (primary N) is 1. The van der Waals surface area contributed by atoms with Crippen molar-refractivity contribution < 1.29 is 5.11 Å². The average molecular weight is 211 g/mol. The number of hydrogen-bond donors (Lipinski definition) is 3. The van der Waals surface area contributed by atoms with Crippen molar-refractivity contribution in [1.29, 1.82) is 0 Å². The van der Waals surface area contributed by atoms with Gasteiger partial charge in [-0.15, -0.1) is 0 Å².